The SMILES string of the molecule is CCc1nn(C)cc1Nc1ccc(N)cc1Cl. The zero-order valence-electron chi connectivity index (χ0n) is 9.87. The van der Waals surface area contributed by atoms with E-state index in [4.69, 9.17) is 17.3 Å². The summed E-state index contributed by atoms with van der Waals surface area (Å²) in [5.41, 5.74) is 9.13. The molecule has 4 nitrogen and oxygen atoms in total. The number of nitrogens with two attached hydrogens (primary N) is 1. The van der Waals surface area contributed by atoms with Crippen LogP contribution < -0.4 is 11.1 Å². The standard InChI is InChI=1S/C12H15ClN4/c1-3-10-12(7-17(2)16-10)15-11-5-4-8(14)6-9(11)13/h4-7,15H,3,14H2,1-2H3. The van der Waals surface area contributed by atoms with Gasteiger partial charge < -0.3 is 11.1 Å². The number of rotatable bonds is 3. The van der Waals surface area contributed by atoms with Crippen molar-refractivity contribution in [2.75, 3.05) is 11.1 Å². The molecule has 0 saturated carbocycles. The lowest BCUT2D eigenvalue weighted by Gasteiger charge is -2.08. The van der Waals surface area contributed by atoms with Gasteiger partial charge in [0, 0.05) is 18.9 Å². The van der Waals surface area contributed by atoms with E-state index < -0.39 is 0 Å². The Morgan fingerprint density at radius 2 is 2.18 bits per heavy atom. The molecule has 3 N–H and O–H groups in total. The Kier molecular flexibility index (Phi) is 3.24. The van der Waals surface area contributed by atoms with Crippen molar-refractivity contribution >= 4 is 28.7 Å². The molecule has 0 aliphatic rings. The molecule has 5 heteroatoms. The number of halogens is 1. The molecule has 17 heavy (non-hydrogen) atoms. The lowest BCUT2D eigenvalue weighted by Crippen LogP contribution is -1.94. The summed E-state index contributed by atoms with van der Waals surface area (Å²) in [5, 5.41) is 8.24. The largest absolute Gasteiger partial charge is 0.399 e. The molecule has 0 aliphatic heterocycles. The van der Waals surface area contributed by atoms with E-state index in [0.29, 0.717) is 10.7 Å². The fraction of sp³-hybridized carbons (Fsp3) is 0.250. The topological polar surface area (TPSA) is 55.9 Å². The molecule has 0 amide bonds. The molecule has 0 aliphatic carbocycles. The molecule has 1 heterocycles. The van der Waals surface area contributed by atoms with Gasteiger partial charge >= 0.3 is 0 Å². The maximum atomic E-state index is 6.11. The molecule has 0 fully saturated rings. The Labute approximate surface area is 105 Å². The first-order valence-corrected chi connectivity index (χ1v) is 5.82. The van der Waals surface area contributed by atoms with Crippen LogP contribution in [0.1, 0.15) is 12.6 Å². The van der Waals surface area contributed by atoms with Crippen LogP contribution in [-0.2, 0) is 13.5 Å². The van der Waals surface area contributed by atoms with Crippen LogP contribution in [0.3, 0.4) is 0 Å². The minimum absolute atomic E-state index is 0.607. The van der Waals surface area contributed by atoms with E-state index in [-0.39, 0.29) is 0 Å². The number of aryl methyl sites for hydroxylation is 2. The summed E-state index contributed by atoms with van der Waals surface area (Å²) in [6.45, 7) is 2.07. The molecule has 1 aromatic carbocycles. The third kappa shape index (κ3) is 2.53. The van der Waals surface area contributed by atoms with Crippen LogP contribution in [0.15, 0.2) is 24.4 Å². The minimum atomic E-state index is 0.607. The predicted molar refractivity (Wildman–Crippen MR) is 71.7 cm³/mol. The highest BCUT2D eigenvalue weighted by Gasteiger charge is 2.08. The van der Waals surface area contributed by atoms with Crippen LogP contribution in [0.2, 0.25) is 5.02 Å². The van der Waals surface area contributed by atoms with Gasteiger partial charge in [-0.15, -0.1) is 0 Å². The van der Waals surface area contributed by atoms with Crippen molar-refractivity contribution in [2.24, 2.45) is 7.05 Å². The number of aromatic nitrogens is 2. The highest BCUT2D eigenvalue weighted by Crippen LogP contribution is 2.28. The summed E-state index contributed by atoms with van der Waals surface area (Å²) in [6, 6.07) is 5.41. The quantitative estimate of drug-likeness (QED) is 0.824. The number of hydrogen-bond acceptors (Lipinski definition) is 3. The van der Waals surface area contributed by atoms with Crippen molar-refractivity contribution < 1.29 is 0 Å². The smallest absolute Gasteiger partial charge is 0.0856 e. The minimum Gasteiger partial charge on any atom is -0.399 e. The molecule has 0 bridgehead atoms. The number of hydrogen-bond donors (Lipinski definition) is 2. The van der Waals surface area contributed by atoms with Gasteiger partial charge in [0.2, 0.25) is 0 Å². The van der Waals surface area contributed by atoms with Gasteiger partial charge in [-0.3, -0.25) is 4.68 Å². The van der Waals surface area contributed by atoms with E-state index in [9.17, 15) is 0 Å². The molecule has 0 saturated heterocycles. The molecule has 0 unspecified atom stereocenters. The van der Waals surface area contributed by atoms with Crippen LogP contribution in [0, 0.1) is 0 Å². The van der Waals surface area contributed by atoms with Gasteiger partial charge in [-0.25, -0.2) is 0 Å². The first-order valence-electron chi connectivity index (χ1n) is 5.44. The average Bonchev–Trinajstić information content (AvgIpc) is 2.63. The van der Waals surface area contributed by atoms with Gasteiger partial charge in [-0.05, 0) is 24.6 Å². The summed E-state index contributed by atoms with van der Waals surface area (Å²) in [5.74, 6) is 0. The second-order valence-electron chi connectivity index (χ2n) is 3.88. The lowest BCUT2D eigenvalue weighted by molar-refractivity contribution is 0.746. The van der Waals surface area contributed by atoms with E-state index in [0.717, 1.165) is 23.5 Å². The molecule has 90 valence electrons. The summed E-state index contributed by atoms with van der Waals surface area (Å²) in [4.78, 5) is 0. The van der Waals surface area contributed by atoms with Crippen molar-refractivity contribution in [2.45, 2.75) is 13.3 Å². The van der Waals surface area contributed by atoms with Gasteiger partial charge in [0.05, 0.1) is 22.1 Å². The number of anilines is 3. The zero-order chi connectivity index (χ0) is 12.4. The van der Waals surface area contributed by atoms with E-state index in [1.165, 1.54) is 0 Å². The van der Waals surface area contributed by atoms with Gasteiger partial charge in [0.15, 0.2) is 0 Å². The van der Waals surface area contributed by atoms with Crippen molar-refractivity contribution in [1.29, 1.82) is 0 Å². The summed E-state index contributed by atoms with van der Waals surface area (Å²) in [6.07, 6.45) is 2.81. The first kappa shape index (κ1) is 11.8. The van der Waals surface area contributed by atoms with Gasteiger partial charge in [0.1, 0.15) is 0 Å². The molecular formula is C12H15ClN4. The molecule has 2 aromatic rings. The second-order valence-corrected chi connectivity index (χ2v) is 4.29. The molecule has 0 radical (unpaired) electrons. The maximum Gasteiger partial charge on any atom is 0.0856 e. The Bertz CT molecular complexity index is 533. The normalized spacial score (nSPS) is 10.5. The van der Waals surface area contributed by atoms with Crippen molar-refractivity contribution in [3.05, 3.63) is 35.1 Å². The van der Waals surface area contributed by atoms with Gasteiger partial charge in [0.25, 0.3) is 0 Å². The van der Waals surface area contributed by atoms with Crippen molar-refractivity contribution in [3.8, 4) is 0 Å². The van der Waals surface area contributed by atoms with Crippen molar-refractivity contribution in [3.63, 3.8) is 0 Å². The maximum absolute atomic E-state index is 6.11. The van der Waals surface area contributed by atoms with Gasteiger partial charge in [-0.2, -0.15) is 5.10 Å². The van der Waals surface area contributed by atoms with Crippen LogP contribution in [0.25, 0.3) is 0 Å². The number of nitrogens with zero attached hydrogens (tertiary/aromatic N) is 2. The lowest BCUT2D eigenvalue weighted by atomic mass is 10.2. The number of nitrogen functional groups attached to an aromatic ring is 1. The Morgan fingerprint density at radius 1 is 1.41 bits per heavy atom. The zero-order valence-corrected chi connectivity index (χ0v) is 10.6. The average molecular weight is 251 g/mol. The Morgan fingerprint density at radius 3 is 2.82 bits per heavy atom. The molecule has 0 spiro atoms. The van der Waals surface area contributed by atoms with E-state index in [1.807, 2.05) is 25.4 Å². The van der Waals surface area contributed by atoms with E-state index in [2.05, 4.69) is 17.3 Å². The molecule has 2 rings (SSSR count). The Balaban J connectivity index is 2.30. The highest BCUT2D eigenvalue weighted by atomic mass is 35.5. The highest BCUT2D eigenvalue weighted by molar-refractivity contribution is 6.33. The van der Waals surface area contributed by atoms with Crippen LogP contribution in [0.4, 0.5) is 17.1 Å². The van der Waals surface area contributed by atoms with Crippen LogP contribution in [0.5, 0.6) is 0 Å². The fourth-order valence-electron chi connectivity index (χ4n) is 1.68. The molecule has 0 atom stereocenters. The fourth-order valence-corrected chi connectivity index (χ4v) is 1.91. The first-order chi connectivity index (χ1) is 8.10. The van der Waals surface area contributed by atoms with Crippen molar-refractivity contribution in [1.82, 2.24) is 9.78 Å². The second kappa shape index (κ2) is 4.67. The number of nitrogens with one attached hydrogen (secondary N) is 1. The van der Waals surface area contributed by atoms with Crippen LogP contribution in [-0.4, -0.2) is 9.78 Å². The van der Waals surface area contributed by atoms with Gasteiger partial charge in [-0.1, -0.05) is 18.5 Å². The molecule has 1 aromatic heterocycles. The Hall–Kier alpha value is -1.68. The summed E-state index contributed by atoms with van der Waals surface area (Å²) < 4.78 is 1.78. The third-order valence-electron chi connectivity index (χ3n) is 2.50. The predicted octanol–water partition coefficient (Wildman–Crippen LogP) is 2.96. The molecular weight excluding hydrogens is 236 g/mol. The summed E-state index contributed by atoms with van der Waals surface area (Å²) in [7, 11) is 1.90. The van der Waals surface area contributed by atoms with E-state index in [1.54, 1.807) is 10.7 Å². The monoisotopic (exact) mass is 250 g/mol. The summed E-state index contributed by atoms with van der Waals surface area (Å²) >= 11 is 6.11. The van der Waals surface area contributed by atoms with E-state index >= 15 is 0 Å². The number of benzene rings is 1. The third-order valence-corrected chi connectivity index (χ3v) is 2.82. The van der Waals surface area contributed by atoms with Crippen LogP contribution >= 0.6 is 11.6 Å².